The maximum Gasteiger partial charge on any atom is 0.294 e. The largest absolute Gasteiger partial charge is 0.473 e. The minimum absolute atomic E-state index is 0.238. The van der Waals surface area contributed by atoms with Crippen LogP contribution in [0.3, 0.4) is 0 Å². The van der Waals surface area contributed by atoms with Gasteiger partial charge in [0.15, 0.2) is 0 Å². The molecule has 5 aromatic rings. The van der Waals surface area contributed by atoms with Gasteiger partial charge in [0.05, 0.1) is 16.3 Å². The summed E-state index contributed by atoms with van der Waals surface area (Å²) in [6, 6.07) is 26.5. The topological polar surface area (TPSA) is 119 Å². The van der Waals surface area contributed by atoms with E-state index in [1.165, 1.54) is 18.2 Å². The molecule has 0 spiro atoms. The lowest BCUT2D eigenvalue weighted by Gasteiger charge is -2.20. The van der Waals surface area contributed by atoms with Gasteiger partial charge in [-0.1, -0.05) is 47.6 Å². The van der Waals surface area contributed by atoms with E-state index in [0.717, 1.165) is 11.1 Å². The predicted octanol–water partition coefficient (Wildman–Crippen LogP) is 5.35. The molecule has 0 aliphatic rings. The molecule has 10 heteroatoms. The molecule has 0 saturated heterocycles. The van der Waals surface area contributed by atoms with Crippen LogP contribution < -0.4 is 9.64 Å². The summed E-state index contributed by atoms with van der Waals surface area (Å²) in [5.74, 6) is 1.41. The first-order valence-electron chi connectivity index (χ1n) is 11.3. The Morgan fingerprint density at radius 3 is 2.30 bits per heavy atom. The van der Waals surface area contributed by atoms with Crippen LogP contribution >= 0.6 is 0 Å². The van der Waals surface area contributed by atoms with E-state index in [-0.39, 0.29) is 4.90 Å². The molecule has 0 fully saturated rings. The second-order valence-corrected chi connectivity index (χ2v) is 9.52. The van der Waals surface area contributed by atoms with E-state index in [2.05, 4.69) is 15.1 Å². The molecule has 0 atom stereocenters. The van der Waals surface area contributed by atoms with Crippen LogP contribution in [0.15, 0.2) is 113 Å². The van der Waals surface area contributed by atoms with Crippen LogP contribution in [0, 0.1) is 0 Å². The van der Waals surface area contributed by atoms with Gasteiger partial charge in [-0.2, -0.15) is 8.42 Å². The maximum absolute atomic E-state index is 11.7. The minimum Gasteiger partial charge on any atom is -0.473 e. The van der Waals surface area contributed by atoms with E-state index in [9.17, 15) is 13.0 Å². The van der Waals surface area contributed by atoms with Gasteiger partial charge >= 0.3 is 0 Å². The van der Waals surface area contributed by atoms with Gasteiger partial charge in [0.2, 0.25) is 11.8 Å². The summed E-state index contributed by atoms with van der Waals surface area (Å²) in [5.41, 5.74) is 3.16. The number of pyridine rings is 2. The van der Waals surface area contributed by atoms with Crippen molar-refractivity contribution in [2.45, 2.75) is 17.9 Å². The molecule has 0 saturated carbocycles. The van der Waals surface area contributed by atoms with Crippen molar-refractivity contribution in [1.29, 1.82) is 0 Å². The Hall–Kier alpha value is -4.54. The Balaban J connectivity index is 1.35. The van der Waals surface area contributed by atoms with Gasteiger partial charge in [0, 0.05) is 30.9 Å². The fourth-order valence-electron chi connectivity index (χ4n) is 3.68. The normalized spacial score (nSPS) is 11.3. The number of nitrogens with zero attached hydrogens (tertiary/aromatic N) is 4. The average molecular weight is 515 g/mol. The first-order valence-corrected chi connectivity index (χ1v) is 12.8. The van der Waals surface area contributed by atoms with Crippen molar-refractivity contribution in [3.05, 3.63) is 120 Å². The van der Waals surface area contributed by atoms with Crippen molar-refractivity contribution >= 4 is 27.5 Å². The molecule has 0 aliphatic carbocycles. The molecular weight excluding hydrogens is 492 g/mol. The molecule has 3 heterocycles. The van der Waals surface area contributed by atoms with Gasteiger partial charge in [-0.15, -0.1) is 0 Å². The van der Waals surface area contributed by atoms with Gasteiger partial charge in [-0.3, -0.25) is 9.45 Å². The van der Waals surface area contributed by atoms with E-state index < -0.39 is 10.1 Å². The number of aromatic nitrogens is 3. The van der Waals surface area contributed by atoms with Crippen LogP contribution in [0.5, 0.6) is 5.88 Å². The van der Waals surface area contributed by atoms with Crippen molar-refractivity contribution in [3.63, 3.8) is 0 Å². The van der Waals surface area contributed by atoms with Crippen molar-refractivity contribution in [2.75, 3.05) is 4.90 Å². The van der Waals surface area contributed by atoms with Crippen molar-refractivity contribution in [2.24, 2.45) is 0 Å². The molecule has 0 radical (unpaired) electrons. The summed E-state index contributed by atoms with van der Waals surface area (Å²) in [6.07, 6.45) is 3.82. The first-order chi connectivity index (χ1) is 18.0. The lowest BCUT2D eigenvalue weighted by molar-refractivity contribution is 0.294. The Kier molecular flexibility index (Phi) is 6.93. The van der Waals surface area contributed by atoms with E-state index in [1.807, 2.05) is 42.5 Å². The molecule has 5 rings (SSSR count). The molecule has 37 heavy (non-hydrogen) atoms. The second kappa shape index (κ2) is 10.6. The second-order valence-electron chi connectivity index (χ2n) is 8.10. The number of hydrogen-bond donors (Lipinski definition) is 1. The number of hydrogen-bond acceptors (Lipinski definition) is 8. The number of rotatable bonds is 9. The third-order valence-corrected chi connectivity index (χ3v) is 6.30. The molecule has 9 nitrogen and oxygen atoms in total. The summed E-state index contributed by atoms with van der Waals surface area (Å²) in [7, 11) is -4.39. The fourth-order valence-corrected chi connectivity index (χ4v) is 4.20. The van der Waals surface area contributed by atoms with Gasteiger partial charge in [0.25, 0.3) is 10.1 Å². The first kappa shape index (κ1) is 24.2. The highest BCUT2D eigenvalue weighted by atomic mass is 32.2. The molecule has 2 aromatic carbocycles. The van der Waals surface area contributed by atoms with Crippen LogP contribution in [0.4, 0.5) is 17.4 Å². The summed E-state index contributed by atoms with van der Waals surface area (Å²) < 4.78 is 44.2. The van der Waals surface area contributed by atoms with E-state index in [0.29, 0.717) is 42.0 Å². The van der Waals surface area contributed by atoms with Crippen LogP contribution in [0.2, 0.25) is 0 Å². The highest BCUT2D eigenvalue weighted by Gasteiger charge is 2.20. The van der Waals surface area contributed by atoms with Gasteiger partial charge in [-0.25, -0.2) is 9.97 Å². The Labute approximate surface area is 213 Å². The summed E-state index contributed by atoms with van der Waals surface area (Å²) in [4.78, 5) is 9.92. The van der Waals surface area contributed by atoms with Crippen molar-refractivity contribution < 1.29 is 22.2 Å². The van der Waals surface area contributed by atoms with E-state index in [1.54, 1.807) is 47.6 Å². The molecule has 0 amide bonds. The van der Waals surface area contributed by atoms with E-state index in [4.69, 9.17) is 9.26 Å². The summed E-state index contributed by atoms with van der Waals surface area (Å²) in [5, 5.41) is 4.21. The number of ether oxygens (including phenoxy) is 1. The van der Waals surface area contributed by atoms with E-state index >= 15 is 0 Å². The molecule has 3 aromatic heterocycles. The average Bonchev–Trinajstić information content (AvgIpc) is 3.37. The van der Waals surface area contributed by atoms with Crippen LogP contribution in [0.25, 0.3) is 0 Å². The molecule has 186 valence electrons. The molecule has 1 N–H and O–H groups in total. The number of benzene rings is 2. The highest BCUT2D eigenvalue weighted by Crippen LogP contribution is 2.34. The molecule has 0 aliphatic heterocycles. The van der Waals surface area contributed by atoms with Gasteiger partial charge in [0.1, 0.15) is 12.4 Å². The van der Waals surface area contributed by atoms with Crippen LogP contribution in [0.1, 0.15) is 16.8 Å². The zero-order valence-corrected chi connectivity index (χ0v) is 20.3. The molecule has 0 unspecified atom stereocenters. The molecule has 0 bridgehead atoms. The van der Waals surface area contributed by atoms with Gasteiger partial charge < -0.3 is 9.26 Å². The van der Waals surface area contributed by atoms with Crippen molar-refractivity contribution in [3.8, 4) is 5.88 Å². The third-order valence-electron chi connectivity index (χ3n) is 5.45. The molecular formula is C27H22N4O5S. The summed E-state index contributed by atoms with van der Waals surface area (Å²) >= 11 is 0. The zero-order valence-electron chi connectivity index (χ0n) is 19.5. The Bertz CT molecular complexity index is 1570. The van der Waals surface area contributed by atoms with Crippen molar-refractivity contribution in [1.82, 2.24) is 15.1 Å². The third kappa shape index (κ3) is 6.00. The summed E-state index contributed by atoms with van der Waals surface area (Å²) in [6.45, 7) is 0.410. The quantitative estimate of drug-likeness (QED) is 0.260. The predicted molar refractivity (Wildman–Crippen MR) is 137 cm³/mol. The number of anilines is 3. The lowest BCUT2D eigenvalue weighted by Crippen LogP contribution is -2.11. The maximum atomic E-state index is 11.7. The Morgan fingerprint density at radius 1 is 0.838 bits per heavy atom. The standard InChI is InChI=1S/C27H22N4O5S/c32-37(33,34)24-7-5-6-23(18-24)31(25-8-1-3-14-28-25)27-17-22(30-36-27)16-20-10-12-21(13-11-20)19-35-26-9-2-4-15-29-26/h1-15,17-18H,16,19H2,(H,32,33,34). The zero-order chi connectivity index (χ0) is 25.7. The minimum atomic E-state index is -4.39. The SMILES string of the molecule is O=S(=O)(O)c1cccc(N(c2ccccn2)c2cc(Cc3ccc(COc4ccccn4)cc3)no2)c1. The van der Waals surface area contributed by atoms with Crippen LogP contribution in [-0.4, -0.2) is 28.1 Å². The lowest BCUT2D eigenvalue weighted by atomic mass is 10.1. The Morgan fingerprint density at radius 2 is 1.59 bits per heavy atom. The fraction of sp³-hybridized carbons (Fsp3) is 0.0741. The van der Waals surface area contributed by atoms with Gasteiger partial charge in [-0.05, 0) is 47.5 Å². The van der Waals surface area contributed by atoms with Crippen LogP contribution in [-0.2, 0) is 23.1 Å². The highest BCUT2D eigenvalue weighted by molar-refractivity contribution is 7.85. The smallest absolute Gasteiger partial charge is 0.294 e. The monoisotopic (exact) mass is 514 g/mol.